The lowest BCUT2D eigenvalue weighted by Crippen LogP contribution is -2.21. The molecule has 0 atom stereocenters. The van der Waals surface area contributed by atoms with Crippen LogP contribution in [0.5, 0.6) is 0 Å². The summed E-state index contributed by atoms with van der Waals surface area (Å²) < 4.78 is 0. The van der Waals surface area contributed by atoms with Crippen LogP contribution >= 0.6 is 0 Å². The SMILES string of the molecule is c1ccc2c(c1)CC1=C(CC3=C(CC4=C(C3)CC3=C(C4)CC4=C(C3)Cc3ccccc3C4)C1)C2. The molecular weight excluding hydrogens is 408 g/mol. The number of hydrogen-bond acceptors (Lipinski definition) is 0. The molecule has 0 nitrogen and oxygen atoms in total. The maximum atomic E-state index is 2.36. The first-order valence-electron chi connectivity index (χ1n) is 13.4. The standard InChI is InChI=1S/C34H32/c1-2-6-22-10-26-14-30-18-34-20-32-16-28-12-24-8-4-3-7-23(24)11-27(28)15-31(32)19-33(34)17-29(30)13-25(26)9-21(22)5-1/h1-8H,9-20H2. The monoisotopic (exact) mass is 440 g/mol. The fraction of sp³-hybridized carbons (Fsp3) is 0.353. The first kappa shape index (κ1) is 19.4. The van der Waals surface area contributed by atoms with Gasteiger partial charge in [-0.25, -0.2) is 0 Å². The van der Waals surface area contributed by atoms with Crippen LogP contribution < -0.4 is 0 Å². The molecule has 0 heterocycles. The average Bonchev–Trinajstić information content (AvgIpc) is 2.86. The van der Waals surface area contributed by atoms with E-state index >= 15 is 0 Å². The fourth-order valence-corrected chi connectivity index (χ4v) is 7.91. The van der Waals surface area contributed by atoms with Gasteiger partial charge < -0.3 is 0 Å². The van der Waals surface area contributed by atoms with E-state index in [9.17, 15) is 0 Å². The van der Waals surface area contributed by atoms with Gasteiger partial charge in [0, 0.05) is 0 Å². The van der Waals surface area contributed by atoms with Gasteiger partial charge in [-0.3, -0.25) is 0 Å². The molecule has 0 N–H and O–H groups in total. The third kappa shape index (κ3) is 3.04. The molecule has 34 heavy (non-hydrogen) atoms. The van der Waals surface area contributed by atoms with E-state index < -0.39 is 0 Å². The Bertz CT molecular complexity index is 1220. The number of rotatable bonds is 0. The Kier molecular flexibility index (Phi) is 4.19. The van der Waals surface area contributed by atoms with Crippen LogP contribution in [0.15, 0.2) is 104 Å². The number of hydrogen-bond donors (Lipinski definition) is 0. The van der Waals surface area contributed by atoms with Gasteiger partial charge in [-0.2, -0.15) is 0 Å². The van der Waals surface area contributed by atoms with E-state index in [1.807, 2.05) is 0 Å². The van der Waals surface area contributed by atoms with Gasteiger partial charge in [0.05, 0.1) is 0 Å². The molecule has 168 valence electrons. The second kappa shape index (κ2) is 7.32. The summed E-state index contributed by atoms with van der Waals surface area (Å²) in [5.41, 5.74) is 24.1. The lowest BCUT2D eigenvalue weighted by molar-refractivity contribution is 0.692. The Morgan fingerprint density at radius 1 is 0.235 bits per heavy atom. The largest absolute Gasteiger partial charge is 0.0622 e. The van der Waals surface area contributed by atoms with Gasteiger partial charge in [-0.15, -0.1) is 0 Å². The molecule has 0 heteroatoms. The van der Waals surface area contributed by atoms with E-state index in [1.54, 1.807) is 78.0 Å². The molecule has 0 bridgehead atoms. The van der Waals surface area contributed by atoms with Crippen LogP contribution in [0.3, 0.4) is 0 Å². The summed E-state index contributed by atoms with van der Waals surface area (Å²) in [5.74, 6) is 0. The van der Waals surface area contributed by atoms with Gasteiger partial charge in [0.25, 0.3) is 0 Å². The predicted molar refractivity (Wildman–Crippen MR) is 140 cm³/mol. The van der Waals surface area contributed by atoms with Gasteiger partial charge in [0.1, 0.15) is 0 Å². The third-order valence-corrected chi connectivity index (χ3v) is 9.77. The summed E-state index contributed by atoms with van der Waals surface area (Å²) in [6.07, 6.45) is 14.9. The van der Waals surface area contributed by atoms with Crippen molar-refractivity contribution in [1.82, 2.24) is 0 Å². The summed E-state index contributed by atoms with van der Waals surface area (Å²) in [6.45, 7) is 0. The van der Waals surface area contributed by atoms with Gasteiger partial charge >= 0.3 is 0 Å². The highest BCUT2D eigenvalue weighted by Crippen LogP contribution is 2.51. The highest BCUT2D eigenvalue weighted by atomic mass is 14.4. The molecule has 0 aromatic heterocycles. The van der Waals surface area contributed by atoms with Crippen LogP contribution in [0.25, 0.3) is 0 Å². The van der Waals surface area contributed by atoms with E-state index in [1.165, 1.54) is 77.0 Å². The van der Waals surface area contributed by atoms with Gasteiger partial charge in [-0.1, -0.05) is 104 Å². The highest BCUT2D eigenvalue weighted by Gasteiger charge is 2.33. The molecular formula is C34H32. The molecule has 2 aromatic carbocycles. The molecule has 0 fully saturated rings. The van der Waals surface area contributed by atoms with Crippen molar-refractivity contribution >= 4 is 0 Å². The zero-order chi connectivity index (χ0) is 22.2. The van der Waals surface area contributed by atoms with Gasteiger partial charge in [0.2, 0.25) is 0 Å². The molecule has 0 radical (unpaired) electrons. The summed E-state index contributed by atoms with van der Waals surface area (Å²) in [7, 11) is 0. The Labute approximate surface area is 203 Å². The minimum Gasteiger partial charge on any atom is -0.0622 e. The third-order valence-electron chi connectivity index (χ3n) is 9.77. The zero-order valence-electron chi connectivity index (χ0n) is 20.1. The second-order valence-electron chi connectivity index (χ2n) is 11.7. The van der Waals surface area contributed by atoms with E-state index in [0.717, 1.165) is 0 Å². The summed E-state index contributed by atoms with van der Waals surface area (Å²) >= 11 is 0. The first-order chi connectivity index (χ1) is 16.8. The lowest BCUT2D eigenvalue weighted by atomic mass is 9.66. The maximum Gasteiger partial charge on any atom is -0.00581 e. The summed E-state index contributed by atoms with van der Waals surface area (Å²) in [4.78, 5) is 0. The van der Waals surface area contributed by atoms with Crippen molar-refractivity contribution in [1.29, 1.82) is 0 Å². The fourth-order valence-electron chi connectivity index (χ4n) is 7.91. The predicted octanol–water partition coefficient (Wildman–Crippen LogP) is 8.24. The molecule has 0 unspecified atom stereocenters. The first-order valence-corrected chi connectivity index (χ1v) is 13.4. The van der Waals surface area contributed by atoms with Crippen LogP contribution in [0.1, 0.15) is 73.6 Å². The quantitative estimate of drug-likeness (QED) is 0.362. The van der Waals surface area contributed by atoms with Gasteiger partial charge in [-0.05, 0) is 99.3 Å². The Hall–Kier alpha value is -2.86. The zero-order valence-corrected chi connectivity index (χ0v) is 20.1. The van der Waals surface area contributed by atoms with Gasteiger partial charge in [0.15, 0.2) is 0 Å². The smallest absolute Gasteiger partial charge is 0.00581 e. The van der Waals surface area contributed by atoms with Crippen LogP contribution in [0, 0.1) is 0 Å². The molecule has 2 aromatic rings. The molecule has 0 saturated heterocycles. The second-order valence-corrected chi connectivity index (χ2v) is 11.7. The van der Waals surface area contributed by atoms with Crippen LogP contribution in [0.4, 0.5) is 0 Å². The minimum absolute atomic E-state index is 1.20. The molecule has 8 rings (SSSR count). The lowest BCUT2D eigenvalue weighted by Gasteiger charge is -2.39. The molecule has 6 aliphatic carbocycles. The van der Waals surface area contributed by atoms with Crippen LogP contribution in [-0.4, -0.2) is 0 Å². The van der Waals surface area contributed by atoms with E-state index in [0.29, 0.717) is 0 Å². The molecule has 0 saturated carbocycles. The van der Waals surface area contributed by atoms with Crippen LogP contribution in [0.2, 0.25) is 0 Å². The topological polar surface area (TPSA) is 0 Å². The highest BCUT2D eigenvalue weighted by molar-refractivity contribution is 5.54. The Balaban J connectivity index is 1.01. The van der Waals surface area contributed by atoms with E-state index in [4.69, 9.17) is 0 Å². The van der Waals surface area contributed by atoms with Crippen molar-refractivity contribution in [3.05, 3.63) is 127 Å². The summed E-state index contributed by atoms with van der Waals surface area (Å²) in [6, 6.07) is 18.3. The van der Waals surface area contributed by atoms with Crippen molar-refractivity contribution < 1.29 is 0 Å². The molecule has 0 aliphatic heterocycles. The molecule has 0 amide bonds. The minimum atomic E-state index is 1.20. The van der Waals surface area contributed by atoms with Crippen molar-refractivity contribution in [3.63, 3.8) is 0 Å². The molecule has 6 aliphatic rings. The van der Waals surface area contributed by atoms with Crippen molar-refractivity contribution in [2.45, 2.75) is 77.0 Å². The van der Waals surface area contributed by atoms with Crippen molar-refractivity contribution in [2.75, 3.05) is 0 Å². The maximum absolute atomic E-state index is 2.36. The van der Waals surface area contributed by atoms with Crippen LogP contribution in [-0.2, 0) is 25.7 Å². The molecule has 0 spiro atoms. The van der Waals surface area contributed by atoms with Crippen molar-refractivity contribution in [2.24, 2.45) is 0 Å². The number of benzene rings is 2. The van der Waals surface area contributed by atoms with E-state index in [2.05, 4.69) is 48.5 Å². The Morgan fingerprint density at radius 2 is 0.412 bits per heavy atom. The van der Waals surface area contributed by atoms with E-state index in [-0.39, 0.29) is 0 Å². The normalized spacial score (nSPS) is 23.1. The average molecular weight is 441 g/mol. The van der Waals surface area contributed by atoms with Crippen molar-refractivity contribution in [3.8, 4) is 0 Å². The Morgan fingerprint density at radius 3 is 0.618 bits per heavy atom. The number of fused-ring (bicyclic) bond motifs is 2. The summed E-state index contributed by atoms with van der Waals surface area (Å²) in [5, 5.41) is 0. The number of allylic oxidation sites excluding steroid dienone is 10.